The third-order valence-electron chi connectivity index (χ3n) is 10.3. The maximum absolute atomic E-state index is 9.37. The van der Waals surface area contributed by atoms with E-state index in [4.69, 9.17) is 15.0 Å². The van der Waals surface area contributed by atoms with E-state index in [1.54, 1.807) is 11.3 Å². The van der Waals surface area contributed by atoms with Crippen LogP contribution in [-0.2, 0) is 5.41 Å². The summed E-state index contributed by atoms with van der Waals surface area (Å²) in [4.78, 5) is 15.0. The second-order valence-corrected chi connectivity index (χ2v) is 14.2. The third-order valence-corrected chi connectivity index (χ3v) is 11.4. The summed E-state index contributed by atoms with van der Waals surface area (Å²) in [6.07, 6.45) is 8.48. The minimum atomic E-state index is 0.375. The van der Waals surface area contributed by atoms with Crippen molar-refractivity contribution in [3.8, 4) is 40.2 Å². The quantitative estimate of drug-likeness (QED) is 0.210. The van der Waals surface area contributed by atoms with Crippen LogP contribution in [0.2, 0.25) is 0 Å². The van der Waals surface area contributed by atoms with E-state index in [1.807, 2.05) is 36.4 Å². The Bertz CT molecular complexity index is 2030. The van der Waals surface area contributed by atoms with Crippen LogP contribution < -0.4 is 0 Å². The van der Waals surface area contributed by atoms with Gasteiger partial charge in [0.1, 0.15) is 0 Å². The minimum absolute atomic E-state index is 0.375. The summed E-state index contributed by atoms with van der Waals surface area (Å²) in [6.45, 7) is 0. The van der Waals surface area contributed by atoms with Gasteiger partial charge in [0.15, 0.2) is 17.5 Å². The first-order valence-corrected chi connectivity index (χ1v) is 16.2. The highest BCUT2D eigenvalue weighted by Gasteiger charge is 2.51. The van der Waals surface area contributed by atoms with Crippen LogP contribution in [0.5, 0.6) is 0 Å². The molecule has 0 saturated heterocycles. The maximum atomic E-state index is 9.37. The van der Waals surface area contributed by atoms with Crippen LogP contribution >= 0.6 is 11.3 Å². The fourth-order valence-corrected chi connectivity index (χ4v) is 9.96. The average molecular weight is 575 g/mol. The second-order valence-electron chi connectivity index (χ2n) is 13.1. The Morgan fingerprint density at radius 1 is 0.605 bits per heavy atom. The van der Waals surface area contributed by atoms with Crippen molar-refractivity contribution in [2.24, 2.45) is 17.8 Å². The van der Waals surface area contributed by atoms with Crippen molar-refractivity contribution in [2.45, 2.75) is 43.9 Å². The molecule has 43 heavy (non-hydrogen) atoms. The van der Waals surface area contributed by atoms with Gasteiger partial charge in [-0.1, -0.05) is 72.8 Å². The summed E-state index contributed by atoms with van der Waals surface area (Å²) in [7, 11) is 0. The van der Waals surface area contributed by atoms with Gasteiger partial charge in [-0.2, -0.15) is 5.26 Å². The Morgan fingerprint density at radius 3 is 1.77 bits per heavy atom. The van der Waals surface area contributed by atoms with Crippen molar-refractivity contribution in [2.75, 3.05) is 0 Å². The highest BCUT2D eigenvalue weighted by molar-refractivity contribution is 7.25. The van der Waals surface area contributed by atoms with Gasteiger partial charge in [0, 0.05) is 36.9 Å². The molecule has 2 aromatic heterocycles. The molecule has 4 aliphatic carbocycles. The molecule has 0 radical (unpaired) electrons. The smallest absolute Gasteiger partial charge is 0.164 e. The minimum Gasteiger partial charge on any atom is -0.208 e. The number of aromatic nitrogens is 3. The molecule has 0 atom stereocenters. The van der Waals surface area contributed by atoms with Crippen LogP contribution in [0.1, 0.15) is 49.7 Å². The van der Waals surface area contributed by atoms with E-state index in [0.717, 1.165) is 43.8 Å². The van der Waals surface area contributed by atoms with Crippen molar-refractivity contribution < 1.29 is 0 Å². The zero-order chi connectivity index (χ0) is 28.5. The predicted octanol–water partition coefficient (Wildman–Crippen LogP) is 9.58. The molecule has 0 N–H and O–H groups in total. The highest BCUT2D eigenvalue weighted by Crippen LogP contribution is 2.60. The number of hydrogen-bond acceptors (Lipinski definition) is 5. The van der Waals surface area contributed by atoms with Gasteiger partial charge in [0.25, 0.3) is 0 Å². The van der Waals surface area contributed by atoms with Crippen molar-refractivity contribution in [1.29, 1.82) is 5.26 Å². The number of hydrogen-bond donors (Lipinski definition) is 0. The fraction of sp³-hybridized carbons (Fsp3) is 0.263. The highest BCUT2D eigenvalue weighted by atomic mass is 32.1. The van der Waals surface area contributed by atoms with Crippen molar-refractivity contribution in [3.63, 3.8) is 0 Å². The van der Waals surface area contributed by atoms with E-state index in [0.29, 0.717) is 28.5 Å². The van der Waals surface area contributed by atoms with Crippen LogP contribution in [0.4, 0.5) is 0 Å². The van der Waals surface area contributed by atoms with Gasteiger partial charge in [-0.05, 0) is 85.5 Å². The monoisotopic (exact) mass is 574 g/mol. The number of rotatable bonds is 4. The van der Waals surface area contributed by atoms with Crippen molar-refractivity contribution >= 4 is 31.5 Å². The summed E-state index contributed by atoms with van der Waals surface area (Å²) in [5.74, 6) is 4.84. The first-order valence-electron chi connectivity index (χ1n) is 15.4. The topological polar surface area (TPSA) is 62.5 Å². The Hall–Kier alpha value is -4.40. The number of fused-ring (bicyclic) bond motifs is 3. The first kappa shape index (κ1) is 25.1. The molecular weight excluding hydrogens is 545 g/mol. The maximum Gasteiger partial charge on any atom is 0.164 e. The predicted molar refractivity (Wildman–Crippen MR) is 174 cm³/mol. The number of benzene rings is 4. The average Bonchev–Trinajstić information content (AvgIpc) is 3.41. The molecule has 4 aliphatic rings. The molecule has 0 aliphatic heterocycles. The lowest BCUT2D eigenvalue weighted by Crippen LogP contribution is -2.48. The van der Waals surface area contributed by atoms with E-state index in [2.05, 4.69) is 60.7 Å². The fourth-order valence-electron chi connectivity index (χ4n) is 8.77. The van der Waals surface area contributed by atoms with E-state index in [9.17, 15) is 5.26 Å². The lowest BCUT2D eigenvalue weighted by molar-refractivity contribution is -0.00518. The van der Waals surface area contributed by atoms with Gasteiger partial charge in [0.2, 0.25) is 0 Å². The largest absolute Gasteiger partial charge is 0.208 e. The van der Waals surface area contributed by atoms with E-state index in [-0.39, 0.29) is 0 Å². The van der Waals surface area contributed by atoms with E-state index < -0.39 is 0 Å². The molecule has 6 aromatic rings. The van der Waals surface area contributed by atoms with Gasteiger partial charge in [-0.3, -0.25) is 0 Å². The first-order chi connectivity index (χ1) is 21.1. The SMILES string of the molecule is N#Cc1ccc2c(c1)sc1cc(-c3nc(-c4ccccc4)nc(-c4ccc(C56C[C@H]7C[C@@H](C5)C[C@@H](C6)C7)cc4)n3)ccc12. The molecule has 4 saturated carbocycles. The van der Waals surface area contributed by atoms with Crippen LogP contribution in [0, 0.1) is 29.1 Å². The third kappa shape index (κ3) is 4.19. The molecule has 5 heteroatoms. The Kier molecular flexibility index (Phi) is 5.58. The zero-order valence-electron chi connectivity index (χ0n) is 23.8. The van der Waals surface area contributed by atoms with Crippen LogP contribution in [0.15, 0.2) is 91.0 Å². The summed E-state index contributed by atoms with van der Waals surface area (Å²) >= 11 is 1.70. The van der Waals surface area contributed by atoms with Crippen LogP contribution in [-0.4, -0.2) is 15.0 Å². The Morgan fingerprint density at radius 2 is 1.14 bits per heavy atom. The molecule has 0 unspecified atom stereocenters. The molecule has 0 amide bonds. The standard InChI is InChI=1S/C38H30N4S/c39-22-23-6-12-31-32-13-9-29(18-34(32)43-33(31)17-23)37-41-35(27-4-2-1-3-5-27)40-36(42-37)28-7-10-30(11-8-28)38-19-24-14-25(20-38)16-26(15-24)21-38/h1-13,17-18,24-26H,14-16,19-21H2/t24-,25+,26-,38?. The molecular formula is C38H30N4S. The summed E-state index contributed by atoms with van der Waals surface area (Å²) in [6, 6.07) is 34.0. The normalized spacial score (nSPS) is 24.0. The van der Waals surface area contributed by atoms with Crippen LogP contribution in [0.3, 0.4) is 0 Å². The van der Waals surface area contributed by atoms with Crippen molar-refractivity contribution in [1.82, 2.24) is 15.0 Å². The molecule has 4 fully saturated rings. The Labute approximate surface area is 255 Å². The summed E-state index contributed by atoms with van der Waals surface area (Å²) in [5, 5.41) is 11.7. The van der Waals surface area contributed by atoms with Gasteiger partial charge in [-0.15, -0.1) is 11.3 Å². The van der Waals surface area contributed by atoms with E-state index in [1.165, 1.54) is 54.9 Å². The molecule has 2 heterocycles. The molecule has 4 nitrogen and oxygen atoms in total. The number of thiophene rings is 1. The van der Waals surface area contributed by atoms with Crippen molar-refractivity contribution in [3.05, 3.63) is 102 Å². The summed E-state index contributed by atoms with van der Waals surface area (Å²) < 4.78 is 2.28. The molecule has 0 spiro atoms. The lowest BCUT2D eigenvalue weighted by Gasteiger charge is -2.57. The summed E-state index contributed by atoms with van der Waals surface area (Å²) in [5.41, 5.74) is 5.54. The zero-order valence-corrected chi connectivity index (χ0v) is 24.6. The van der Waals surface area contributed by atoms with Gasteiger partial charge >= 0.3 is 0 Å². The molecule has 4 bridgehead atoms. The van der Waals surface area contributed by atoms with Gasteiger partial charge in [-0.25, -0.2) is 15.0 Å². The molecule has 10 rings (SSSR count). The molecule has 4 aromatic carbocycles. The second kappa shape index (κ2) is 9.56. The number of nitriles is 1. The van der Waals surface area contributed by atoms with Crippen LogP contribution in [0.25, 0.3) is 54.3 Å². The Balaban J connectivity index is 1.13. The lowest BCUT2D eigenvalue weighted by atomic mass is 9.48. The van der Waals surface area contributed by atoms with Gasteiger partial charge < -0.3 is 0 Å². The van der Waals surface area contributed by atoms with Gasteiger partial charge in [0.05, 0.1) is 11.6 Å². The number of nitrogens with zero attached hydrogens (tertiary/aromatic N) is 4. The molecule has 208 valence electrons. The van der Waals surface area contributed by atoms with E-state index >= 15 is 0 Å².